The third kappa shape index (κ3) is 0.991. The minimum absolute atomic E-state index is 0.171. The van der Waals surface area contributed by atoms with E-state index in [1.165, 1.54) is 0 Å². The molecule has 2 saturated carbocycles. The average Bonchev–Trinajstić information content (AvgIpc) is 2.37. The molecule has 0 radical (unpaired) electrons. The zero-order valence-electron chi connectivity index (χ0n) is 8.79. The molecule has 80 valence electrons. The van der Waals surface area contributed by atoms with Crippen LogP contribution in [0.1, 0.15) is 39.5 Å². The molecule has 3 nitrogen and oxygen atoms in total. The summed E-state index contributed by atoms with van der Waals surface area (Å²) in [4.78, 5) is 10.8. The molecule has 2 fully saturated rings. The molecule has 0 aliphatic heterocycles. The molecule has 2 rings (SSSR count). The number of rotatable bonds is 2. The van der Waals surface area contributed by atoms with Crippen molar-refractivity contribution < 1.29 is 15.0 Å². The summed E-state index contributed by atoms with van der Waals surface area (Å²) in [6, 6.07) is 0. The molecule has 2 bridgehead atoms. The minimum atomic E-state index is -0.736. The standard InChI is InChI=1S/C11H18O3/c1-10-4-3-7(5-8(10)12)11(10,2)6-9(13)14/h7-8,12H,3-6H2,1-2H3,(H,13,14). The van der Waals surface area contributed by atoms with Crippen LogP contribution in [0.5, 0.6) is 0 Å². The smallest absolute Gasteiger partial charge is 0.303 e. The summed E-state index contributed by atoms with van der Waals surface area (Å²) in [5, 5.41) is 18.9. The molecule has 0 amide bonds. The van der Waals surface area contributed by atoms with Crippen LogP contribution in [0, 0.1) is 16.7 Å². The number of aliphatic hydroxyl groups is 1. The molecule has 0 aromatic heterocycles. The number of carboxylic acid groups (broad SMARTS) is 1. The maximum atomic E-state index is 10.8. The summed E-state index contributed by atoms with van der Waals surface area (Å²) in [5.41, 5.74) is -0.367. The van der Waals surface area contributed by atoms with Crippen molar-refractivity contribution in [2.24, 2.45) is 16.7 Å². The van der Waals surface area contributed by atoms with Crippen molar-refractivity contribution in [1.82, 2.24) is 0 Å². The summed E-state index contributed by atoms with van der Waals surface area (Å²) in [7, 11) is 0. The first kappa shape index (κ1) is 9.97. The highest BCUT2D eigenvalue weighted by atomic mass is 16.4. The van der Waals surface area contributed by atoms with Crippen LogP contribution in [-0.4, -0.2) is 22.3 Å². The number of aliphatic hydroxyl groups excluding tert-OH is 1. The fourth-order valence-corrected chi connectivity index (χ4v) is 3.66. The second-order valence-corrected chi connectivity index (χ2v) is 5.39. The second kappa shape index (κ2) is 2.72. The topological polar surface area (TPSA) is 57.5 Å². The van der Waals surface area contributed by atoms with Gasteiger partial charge in [0.05, 0.1) is 12.5 Å². The Labute approximate surface area is 84.1 Å². The predicted molar refractivity (Wildman–Crippen MR) is 51.8 cm³/mol. The van der Waals surface area contributed by atoms with Crippen LogP contribution >= 0.6 is 0 Å². The molecule has 0 aromatic rings. The van der Waals surface area contributed by atoms with Crippen LogP contribution < -0.4 is 0 Å². The Morgan fingerprint density at radius 3 is 2.50 bits per heavy atom. The maximum Gasteiger partial charge on any atom is 0.303 e. The number of hydrogen-bond acceptors (Lipinski definition) is 2. The van der Waals surface area contributed by atoms with Gasteiger partial charge in [0.15, 0.2) is 0 Å². The first-order chi connectivity index (χ1) is 6.40. The van der Waals surface area contributed by atoms with Gasteiger partial charge in [-0.15, -0.1) is 0 Å². The number of carbonyl (C=O) groups is 1. The van der Waals surface area contributed by atoms with Crippen LogP contribution in [0.4, 0.5) is 0 Å². The molecule has 0 saturated heterocycles. The molecule has 0 spiro atoms. The van der Waals surface area contributed by atoms with Gasteiger partial charge < -0.3 is 10.2 Å². The highest BCUT2D eigenvalue weighted by Gasteiger charge is 2.63. The van der Waals surface area contributed by atoms with Crippen molar-refractivity contribution in [3.05, 3.63) is 0 Å². The van der Waals surface area contributed by atoms with Crippen LogP contribution in [0.3, 0.4) is 0 Å². The SMILES string of the molecule is CC12CCC(CC1O)C2(C)CC(=O)O. The first-order valence-electron chi connectivity index (χ1n) is 5.30. The zero-order valence-corrected chi connectivity index (χ0v) is 8.79. The van der Waals surface area contributed by atoms with Crippen molar-refractivity contribution >= 4 is 5.97 Å². The van der Waals surface area contributed by atoms with Gasteiger partial charge in [-0.05, 0) is 36.0 Å². The highest BCUT2D eigenvalue weighted by molar-refractivity contribution is 5.68. The van der Waals surface area contributed by atoms with E-state index in [4.69, 9.17) is 5.11 Å². The van der Waals surface area contributed by atoms with Gasteiger partial charge >= 0.3 is 5.97 Å². The fourth-order valence-electron chi connectivity index (χ4n) is 3.66. The Morgan fingerprint density at radius 1 is 1.50 bits per heavy atom. The number of fused-ring (bicyclic) bond motifs is 2. The normalized spacial score (nSPS) is 51.1. The lowest BCUT2D eigenvalue weighted by Gasteiger charge is -2.38. The largest absolute Gasteiger partial charge is 0.481 e. The summed E-state index contributed by atoms with van der Waals surface area (Å²) in [5.74, 6) is -0.335. The predicted octanol–water partition coefficient (Wildman–Crippen LogP) is 1.65. The fraction of sp³-hybridized carbons (Fsp3) is 0.909. The molecule has 2 aliphatic rings. The van der Waals surface area contributed by atoms with E-state index in [2.05, 4.69) is 0 Å². The lowest BCUT2D eigenvalue weighted by Crippen LogP contribution is -2.38. The van der Waals surface area contributed by atoms with Gasteiger partial charge in [-0.3, -0.25) is 4.79 Å². The highest BCUT2D eigenvalue weighted by Crippen LogP contribution is 2.67. The van der Waals surface area contributed by atoms with Gasteiger partial charge in [-0.25, -0.2) is 0 Å². The second-order valence-electron chi connectivity index (χ2n) is 5.39. The molecule has 2 N–H and O–H groups in total. The number of hydrogen-bond donors (Lipinski definition) is 2. The van der Waals surface area contributed by atoms with Gasteiger partial charge in [0.25, 0.3) is 0 Å². The average molecular weight is 198 g/mol. The van der Waals surface area contributed by atoms with Crippen LogP contribution in [0.2, 0.25) is 0 Å². The summed E-state index contributed by atoms with van der Waals surface area (Å²) < 4.78 is 0. The van der Waals surface area contributed by atoms with Gasteiger partial charge in [0.1, 0.15) is 0 Å². The Morgan fingerprint density at radius 2 is 2.14 bits per heavy atom. The minimum Gasteiger partial charge on any atom is -0.481 e. The van der Waals surface area contributed by atoms with Gasteiger partial charge in [0, 0.05) is 0 Å². The first-order valence-corrected chi connectivity index (χ1v) is 5.30. The number of carboxylic acids is 1. The third-order valence-electron chi connectivity index (χ3n) is 4.98. The number of aliphatic carboxylic acids is 1. The van der Waals surface area contributed by atoms with Crippen molar-refractivity contribution in [1.29, 1.82) is 0 Å². The van der Waals surface area contributed by atoms with E-state index in [-0.39, 0.29) is 23.4 Å². The van der Waals surface area contributed by atoms with E-state index in [1.807, 2.05) is 13.8 Å². The Hall–Kier alpha value is -0.570. The molecule has 3 heteroatoms. The molecule has 0 aromatic carbocycles. The van der Waals surface area contributed by atoms with E-state index >= 15 is 0 Å². The maximum absolute atomic E-state index is 10.8. The Kier molecular flexibility index (Phi) is 1.94. The van der Waals surface area contributed by atoms with E-state index in [9.17, 15) is 9.90 Å². The molecular formula is C11H18O3. The Bertz CT molecular complexity index is 276. The van der Waals surface area contributed by atoms with E-state index in [0.717, 1.165) is 19.3 Å². The zero-order chi connectivity index (χ0) is 10.6. The van der Waals surface area contributed by atoms with E-state index in [1.54, 1.807) is 0 Å². The third-order valence-corrected chi connectivity index (χ3v) is 4.98. The van der Waals surface area contributed by atoms with E-state index in [0.29, 0.717) is 5.92 Å². The molecule has 4 unspecified atom stereocenters. The van der Waals surface area contributed by atoms with E-state index < -0.39 is 5.97 Å². The molecule has 2 aliphatic carbocycles. The van der Waals surface area contributed by atoms with Crippen molar-refractivity contribution in [2.75, 3.05) is 0 Å². The lowest BCUT2D eigenvalue weighted by molar-refractivity contribution is -0.142. The lowest BCUT2D eigenvalue weighted by atomic mass is 9.66. The summed E-state index contributed by atoms with van der Waals surface area (Å²) in [6.45, 7) is 4.09. The Balaban J connectivity index is 2.31. The quantitative estimate of drug-likeness (QED) is 0.709. The molecule has 0 heterocycles. The van der Waals surface area contributed by atoms with Crippen LogP contribution in [0.25, 0.3) is 0 Å². The van der Waals surface area contributed by atoms with Gasteiger partial charge in [0.2, 0.25) is 0 Å². The van der Waals surface area contributed by atoms with Crippen molar-refractivity contribution in [3.8, 4) is 0 Å². The van der Waals surface area contributed by atoms with Gasteiger partial charge in [-0.2, -0.15) is 0 Å². The summed E-state index contributed by atoms with van der Waals surface area (Å²) in [6.07, 6.45) is 2.75. The van der Waals surface area contributed by atoms with Crippen LogP contribution in [0.15, 0.2) is 0 Å². The van der Waals surface area contributed by atoms with Crippen molar-refractivity contribution in [2.45, 2.75) is 45.6 Å². The molecular weight excluding hydrogens is 180 g/mol. The molecule has 4 atom stereocenters. The summed E-state index contributed by atoms with van der Waals surface area (Å²) >= 11 is 0. The molecule has 14 heavy (non-hydrogen) atoms. The van der Waals surface area contributed by atoms with Gasteiger partial charge in [-0.1, -0.05) is 13.8 Å². The monoisotopic (exact) mass is 198 g/mol. The van der Waals surface area contributed by atoms with Crippen molar-refractivity contribution in [3.63, 3.8) is 0 Å². The van der Waals surface area contributed by atoms with Crippen LogP contribution in [-0.2, 0) is 4.79 Å².